The number of hydrogen-bond donors (Lipinski definition) is 1. The molecule has 0 atom stereocenters. The van der Waals surface area contributed by atoms with Crippen LogP contribution in [0.25, 0.3) is 0 Å². The van der Waals surface area contributed by atoms with E-state index in [4.69, 9.17) is 11.6 Å². The number of nitrogens with one attached hydrogen (secondary N) is 1. The predicted octanol–water partition coefficient (Wildman–Crippen LogP) is 3.57. The molecule has 142 valence electrons. The Morgan fingerprint density at radius 3 is 2.22 bits per heavy atom. The third kappa shape index (κ3) is 3.88. The first-order valence-electron chi connectivity index (χ1n) is 9.61. The van der Waals surface area contributed by atoms with Crippen molar-refractivity contribution in [2.75, 3.05) is 19.8 Å². The molecule has 2 saturated heterocycles. The molecular formula is C22H26ClN3O. The Labute approximate surface area is 166 Å². The van der Waals surface area contributed by atoms with Crippen LogP contribution in [0.1, 0.15) is 29.5 Å². The number of halogens is 1. The molecular weight excluding hydrogens is 358 g/mol. The topological polar surface area (TPSA) is 35.6 Å². The lowest BCUT2D eigenvalue weighted by atomic mass is 9.85. The van der Waals surface area contributed by atoms with Crippen molar-refractivity contribution in [1.82, 2.24) is 15.1 Å². The van der Waals surface area contributed by atoms with Crippen LogP contribution in [0.4, 0.5) is 0 Å². The van der Waals surface area contributed by atoms with E-state index >= 15 is 0 Å². The van der Waals surface area contributed by atoms with Crippen molar-refractivity contribution in [3.05, 3.63) is 70.2 Å². The van der Waals surface area contributed by atoms with Crippen LogP contribution in [-0.4, -0.2) is 41.0 Å². The van der Waals surface area contributed by atoms with Crippen LogP contribution in [0.3, 0.4) is 0 Å². The van der Waals surface area contributed by atoms with E-state index in [1.165, 1.54) is 16.7 Å². The molecule has 2 aromatic carbocycles. The van der Waals surface area contributed by atoms with E-state index in [-0.39, 0.29) is 11.4 Å². The van der Waals surface area contributed by atoms with E-state index in [2.05, 4.69) is 46.3 Å². The zero-order chi connectivity index (χ0) is 18.9. The molecule has 0 unspecified atom stereocenters. The van der Waals surface area contributed by atoms with E-state index in [9.17, 15) is 4.79 Å². The molecule has 0 radical (unpaired) electrons. The Morgan fingerprint density at radius 2 is 1.56 bits per heavy atom. The quantitative estimate of drug-likeness (QED) is 0.876. The van der Waals surface area contributed by atoms with Gasteiger partial charge in [-0.05, 0) is 43.0 Å². The summed E-state index contributed by atoms with van der Waals surface area (Å²) in [5, 5.41) is 3.82. The zero-order valence-electron chi connectivity index (χ0n) is 15.7. The molecule has 2 aliphatic rings. The van der Waals surface area contributed by atoms with Crippen LogP contribution in [-0.2, 0) is 17.9 Å². The van der Waals surface area contributed by atoms with Crippen LogP contribution in [0, 0.1) is 6.92 Å². The Bertz CT molecular complexity index is 795. The maximum atomic E-state index is 12.7. The van der Waals surface area contributed by atoms with Gasteiger partial charge < -0.3 is 5.32 Å². The van der Waals surface area contributed by atoms with Crippen molar-refractivity contribution in [3.63, 3.8) is 0 Å². The molecule has 2 heterocycles. The Hall–Kier alpha value is -1.88. The van der Waals surface area contributed by atoms with Gasteiger partial charge in [0.05, 0.1) is 6.67 Å². The summed E-state index contributed by atoms with van der Waals surface area (Å²) in [6.45, 7) is 6.35. The first-order valence-corrected chi connectivity index (χ1v) is 9.99. The average Bonchev–Trinajstić information content (AvgIpc) is 2.97. The van der Waals surface area contributed by atoms with Crippen LogP contribution in [0.5, 0.6) is 0 Å². The molecule has 0 aromatic heterocycles. The maximum Gasteiger partial charge on any atom is 0.241 e. The van der Waals surface area contributed by atoms with Gasteiger partial charge in [-0.15, -0.1) is 0 Å². The molecule has 4 rings (SSSR count). The largest absolute Gasteiger partial charge is 0.342 e. The highest BCUT2D eigenvalue weighted by Crippen LogP contribution is 2.34. The highest BCUT2D eigenvalue weighted by molar-refractivity contribution is 6.30. The van der Waals surface area contributed by atoms with E-state index in [1.54, 1.807) is 0 Å². The number of likely N-dealkylation sites (tertiary alicyclic amines) is 1. The number of piperidine rings is 1. The van der Waals surface area contributed by atoms with Gasteiger partial charge in [0.1, 0.15) is 5.54 Å². The lowest BCUT2D eigenvalue weighted by Crippen LogP contribution is -2.55. The smallest absolute Gasteiger partial charge is 0.241 e. The number of aryl methyl sites for hydroxylation is 1. The van der Waals surface area contributed by atoms with Gasteiger partial charge in [0, 0.05) is 31.2 Å². The second-order valence-corrected chi connectivity index (χ2v) is 8.22. The number of hydrogen-bond acceptors (Lipinski definition) is 3. The summed E-state index contributed by atoms with van der Waals surface area (Å²) in [6.07, 6.45) is 1.75. The molecule has 0 aliphatic carbocycles. The highest BCUT2D eigenvalue weighted by Gasteiger charge is 2.49. The summed E-state index contributed by atoms with van der Waals surface area (Å²) in [5.41, 5.74) is 3.45. The normalized spacial score (nSPS) is 20.1. The van der Waals surface area contributed by atoms with Gasteiger partial charge in [0.2, 0.25) is 5.91 Å². The highest BCUT2D eigenvalue weighted by atomic mass is 35.5. The molecule has 1 spiro atoms. The Balaban J connectivity index is 1.42. The fraction of sp³-hybridized carbons (Fsp3) is 0.409. The minimum absolute atomic E-state index is 0.187. The van der Waals surface area contributed by atoms with Crippen molar-refractivity contribution in [3.8, 4) is 0 Å². The van der Waals surface area contributed by atoms with Gasteiger partial charge in [-0.25, -0.2) is 0 Å². The Morgan fingerprint density at radius 1 is 0.963 bits per heavy atom. The second-order valence-electron chi connectivity index (χ2n) is 7.78. The van der Waals surface area contributed by atoms with Crippen LogP contribution >= 0.6 is 11.6 Å². The van der Waals surface area contributed by atoms with Crippen LogP contribution < -0.4 is 5.32 Å². The molecule has 0 saturated carbocycles. The molecule has 5 heteroatoms. The summed E-state index contributed by atoms with van der Waals surface area (Å²) in [5.74, 6) is 0.187. The third-order valence-electron chi connectivity index (χ3n) is 5.96. The lowest BCUT2D eigenvalue weighted by Gasteiger charge is -2.42. The van der Waals surface area contributed by atoms with Crippen molar-refractivity contribution in [2.45, 2.75) is 38.4 Å². The predicted molar refractivity (Wildman–Crippen MR) is 108 cm³/mol. The van der Waals surface area contributed by atoms with Gasteiger partial charge in [-0.1, -0.05) is 53.6 Å². The fourth-order valence-electron chi connectivity index (χ4n) is 4.22. The average molecular weight is 384 g/mol. The molecule has 1 amide bonds. The zero-order valence-corrected chi connectivity index (χ0v) is 16.5. The third-order valence-corrected chi connectivity index (χ3v) is 6.21. The van der Waals surface area contributed by atoms with Crippen molar-refractivity contribution >= 4 is 17.5 Å². The summed E-state index contributed by atoms with van der Waals surface area (Å²) >= 11 is 6.00. The summed E-state index contributed by atoms with van der Waals surface area (Å²) < 4.78 is 0. The van der Waals surface area contributed by atoms with E-state index in [1.807, 2.05) is 24.3 Å². The molecule has 0 bridgehead atoms. The van der Waals surface area contributed by atoms with Crippen molar-refractivity contribution in [1.29, 1.82) is 0 Å². The van der Waals surface area contributed by atoms with Gasteiger partial charge in [0.15, 0.2) is 0 Å². The van der Waals surface area contributed by atoms with Gasteiger partial charge >= 0.3 is 0 Å². The Kier molecular flexibility index (Phi) is 5.22. The molecule has 1 N–H and O–H groups in total. The molecule has 27 heavy (non-hydrogen) atoms. The number of amides is 1. The van der Waals surface area contributed by atoms with E-state index in [0.717, 1.165) is 44.0 Å². The summed E-state index contributed by atoms with van der Waals surface area (Å²) in [7, 11) is 0. The number of nitrogens with zero attached hydrogens (tertiary/aromatic N) is 2. The second kappa shape index (κ2) is 7.63. The minimum Gasteiger partial charge on any atom is -0.342 e. The lowest BCUT2D eigenvalue weighted by molar-refractivity contribution is -0.129. The van der Waals surface area contributed by atoms with Crippen LogP contribution in [0.2, 0.25) is 5.02 Å². The van der Waals surface area contributed by atoms with Gasteiger partial charge in [-0.3, -0.25) is 14.6 Å². The standard InChI is InChI=1S/C22H26ClN3O/c1-17-2-4-18(5-3-17)14-25-12-10-22(11-13-25)21(27)24-16-26(22)15-19-6-8-20(23)9-7-19/h2-9H,10-16H2,1H3,(H,24,27). The fourth-order valence-corrected chi connectivity index (χ4v) is 4.35. The monoisotopic (exact) mass is 383 g/mol. The molecule has 2 fully saturated rings. The number of rotatable bonds is 4. The minimum atomic E-state index is -0.372. The number of carbonyl (C=O) groups excluding carboxylic acids is 1. The summed E-state index contributed by atoms with van der Waals surface area (Å²) in [4.78, 5) is 17.5. The van der Waals surface area contributed by atoms with E-state index < -0.39 is 0 Å². The molecule has 2 aliphatic heterocycles. The maximum absolute atomic E-state index is 12.7. The van der Waals surface area contributed by atoms with Gasteiger partial charge in [-0.2, -0.15) is 0 Å². The summed E-state index contributed by atoms with van der Waals surface area (Å²) in [6, 6.07) is 16.7. The number of carbonyl (C=O) groups is 1. The number of benzene rings is 2. The first kappa shape index (κ1) is 18.5. The molecule has 4 nitrogen and oxygen atoms in total. The van der Waals surface area contributed by atoms with E-state index in [0.29, 0.717) is 6.67 Å². The van der Waals surface area contributed by atoms with Crippen molar-refractivity contribution in [2.24, 2.45) is 0 Å². The van der Waals surface area contributed by atoms with Crippen LogP contribution in [0.15, 0.2) is 48.5 Å². The molecule has 2 aromatic rings. The first-order chi connectivity index (χ1) is 13.0. The SMILES string of the molecule is Cc1ccc(CN2CCC3(CC2)C(=O)NCN3Cc2ccc(Cl)cc2)cc1. The van der Waals surface area contributed by atoms with Gasteiger partial charge in [0.25, 0.3) is 0 Å². The van der Waals surface area contributed by atoms with Crippen molar-refractivity contribution < 1.29 is 4.79 Å².